The minimum absolute atomic E-state index is 0.0818. The van der Waals surface area contributed by atoms with Gasteiger partial charge in [-0.1, -0.05) is 6.07 Å². The molecule has 2 aromatic carbocycles. The van der Waals surface area contributed by atoms with Gasteiger partial charge in [0.1, 0.15) is 11.7 Å². The summed E-state index contributed by atoms with van der Waals surface area (Å²) in [5, 5.41) is 20.9. The number of carboxylic acids is 1. The van der Waals surface area contributed by atoms with Crippen molar-refractivity contribution in [2.75, 3.05) is 0 Å². The summed E-state index contributed by atoms with van der Waals surface area (Å²) in [5.74, 6) is -1.08. The van der Waals surface area contributed by atoms with Gasteiger partial charge in [0.15, 0.2) is 0 Å². The number of carboxylic acid groups (broad SMARTS) is 1. The van der Waals surface area contributed by atoms with E-state index in [1.54, 1.807) is 22.9 Å². The number of H-pyrrole nitrogens is 1. The van der Waals surface area contributed by atoms with E-state index < -0.39 is 16.9 Å². The number of nitrogens with two attached hydrogens (primary N) is 1. The van der Waals surface area contributed by atoms with E-state index in [0.29, 0.717) is 40.5 Å². The smallest absolute Gasteiger partial charge is 0.320 e. The molecule has 32 heavy (non-hydrogen) atoms. The van der Waals surface area contributed by atoms with Crippen LogP contribution in [0.2, 0.25) is 0 Å². The molecule has 0 saturated carbocycles. The summed E-state index contributed by atoms with van der Waals surface area (Å²) in [4.78, 5) is 42.0. The number of carbonyl (C=O) groups is 1. The Bertz CT molecular complexity index is 1420. The summed E-state index contributed by atoms with van der Waals surface area (Å²) in [6.07, 6.45) is 2.41. The zero-order valence-electron chi connectivity index (χ0n) is 17.2. The third-order valence-corrected chi connectivity index (χ3v) is 5.41. The number of non-ortho nitro benzene ring substituents is 1. The first-order valence-corrected chi connectivity index (χ1v) is 10.0. The molecule has 0 spiro atoms. The van der Waals surface area contributed by atoms with Gasteiger partial charge in [0, 0.05) is 35.8 Å². The summed E-state index contributed by atoms with van der Waals surface area (Å²) in [7, 11) is 0. The minimum Gasteiger partial charge on any atom is -0.480 e. The van der Waals surface area contributed by atoms with Gasteiger partial charge in [0.05, 0.1) is 21.5 Å². The average molecular weight is 435 g/mol. The molecular formula is C22H21N5O5. The van der Waals surface area contributed by atoms with Gasteiger partial charge in [0.25, 0.3) is 11.2 Å². The van der Waals surface area contributed by atoms with Crippen molar-refractivity contribution in [2.24, 2.45) is 5.73 Å². The second kappa shape index (κ2) is 8.23. The molecule has 4 rings (SSSR count). The van der Waals surface area contributed by atoms with E-state index in [1.165, 1.54) is 12.1 Å². The molecule has 164 valence electrons. The Hall–Kier alpha value is -4.05. The maximum atomic E-state index is 12.8. The van der Waals surface area contributed by atoms with Crippen LogP contribution < -0.4 is 11.3 Å². The van der Waals surface area contributed by atoms with Crippen molar-refractivity contribution in [3.63, 3.8) is 0 Å². The molecule has 0 aliphatic rings. The van der Waals surface area contributed by atoms with Crippen molar-refractivity contribution in [3.8, 4) is 11.3 Å². The number of benzene rings is 2. The summed E-state index contributed by atoms with van der Waals surface area (Å²) >= 11 is 0. The van der Waals surface area contributed by atoms with E-state index in [1.807, 2.05) is 19.1 Å². The van der Waals surface area contributed by atoms with Crippen LogP contribution in [0.3, 0.4) is 0 Å². The molecule has 4 N–H and O–H groups in total. The van der Waals surface area contributed by atoms with E-state index in [4.69, 9.17) is 10.8 Å². The number of nitrogens with one attached hydrogen (secondary N) is 1. The Kier molecular flexibility index (Phi) is 5.45. The number of aromatic amines is 1. The standard InChI is InChI=1S/C22H21N5O5/c1-12-4-7-17-18(9-12)24-20(21(28)25-17)15-11-26(8-2-3-16(23)22(29)30)19-10-13(27(31)32)5-6-14(15)19/h4-7,9-11,16H,2-3,8,23H2,1H3,(H,25,28)(H,29,30). The Morgan fingerprint density at radius 2 is 2.09 bits per heavy atom. The number of rotatable bonds is 7. The fourth-order valence-corrected chi connectivity index (χ4v) is 3.75. The molecular weight excluding hydrogens is 414 g/mol. The lowest BCUT2D eigenvalue weighted by atomic mass is 10.1. The van der Waals surface area contributed by atoms with Crippen molar-refractivity contribution in [3.05, 3.63) is 68.6 Å². The first-order chi connectivity index (χ1) is 15.2. The lowest BCUT2D eigenvalue weighted by Crippen LogP contribution is -2.30. The number of nitro groups is 1. The van der Waals surface area contributed by atoms with Crippen LogP contribution in [0.4, 0.5) is 5.69 Å². The molecule has 0 aliphatic carbocycles. The maximum Gasteiger partial charge on any atom is 0.320 e. The Morgan fingerprint density at radius 1 is 1.31 bits per heavy atom. The van der Waals surface area contributed by atoms with Gasteiger partial charge in [-0.05, 0) is 43.5 Å². The predicted octanol–water partition coefficient (Wildman–Crippen LogP) is 2.95. The van der Waals surface area contributed by atoms with Gasteiger partial charge in [-0.15, -0.1) is 0 Å². The lowest BCUT2D eigenvalue weighted by Gasteiger charge is -2.08. The summed E-state index contributed by atoms with van der Waals surface area (Å²) in [6.45, 7) is 2.31. The largest absolute Gasteiger partial charge is 0.480 e. The van der Waals surface area contributed by atoms with Crippen LogP contribution in [-0.4, -0.2) is 36.6 Å². The molecule has 0 saturated heterocycles. The Labute approximate surface area is 181 Å². The molecule has 1 unspecified atom stereocenters. The average Bonchev–Trinajstić information content (AvgIpc) is 3.11. The quantitative estimate of drug-likeness (QED) is 0.297. The van der Waals surface area contributed by atoms with Gasteiger partial charge in [-0.25, -0.2) is 4.98 Å². The zero-order valence-corrected chi connectivity index (χ0v) is 17.2. The van der Waals surface area contributed by atoms with Crippen LogP contribution in [0, 0.1) is 17.0 Å². The normalized spacial score (nSPS) is 12.3. The van der Waals surface area contributed by atoms with Gasteiger partial charge in [0.2, 0.25) is 0 Å². The van der Waals surface area contributed by atoms with Gasteiger partial charge in [-0.3, -0.25) is 19.7 Å². The molecule has 1 atom stereocenters. The van der Waals surface area contributed by atoms with Crippen LogP contribution in [0.5, 0.6) is 0 Å². The van der Waals surface area contributed by atoms with Crippen molar-refractivity contribution < 1.29 is 14.8 Å². The van der Waals surface area contributed by atoms with Crippen LogP contribution in [0.1, 0.15) is 18.4 Å². The van der Waals surface area contributed by atoms with Crippen LogP contribution in [-0.2, 0) is 11.3 Å². The number of hydrogen-bond acceptors (Lipinski definition) is 6. The van der Waals surface area contributed by atoms with E-state index in [9.17, 15) is 19.7 Å². The Balaban J connectivity index is 1.83. The molecule has 2 aromatic heterocycles. The molecule has 0 aliphatic heterocycles. The van der Waals surface area contributed by atoms with E-state index >= 15 is 0 Å². The SMILES string of the molecule is Cc1ccc2[nH]c(=O)c(-c3cn(CCCC(N)C(=O)O)c4cc([N+](=O)[O-])ccc34)nc2c1. The van der Waals surface area contributed by atoms with E-state index in [-0.39, 0.29) is 23.4 Å². The molecule has 10 heteroatoms. The third-order valence-electron chi connectivity index (χ3n) is 5.41. The first kappa shape index (κ1) is 21.2. The van der Waals surface area contributed by atoms with Gasteiger partial charge < -0.3 is 20.4 Å². The number of nitrogens with zero attached hydrogens (tertiary/aromatic N) is 3. The monoisotopic (exact) mass is 435 g/mol. The number of aliphatic carboxylic acids is 1. The Morgan fingerprint density at radius 3 is 2.81 bits per heavy atom. The number of aromatic nitrogens is 3. The summed E-state index contributed by atoms with van der Waals surface area (Å²) < 4.78 is 1.77. The van der Waals surface area contributed by atoms with E-state index in [0.717, 1.165) is 5.56 Å². The number of hydrogen-bond donors (Lipinski definition) is 3. The summed E-state index contributed by atoms with van der Waals surface area (Å²) in [5.41, 5.74) is 8.69. The van der Waals surface area contributed by atoms with Crippen molar-refractivity contribution >= 4 is 33.6 Å². The van der Waals surface area contributed by atoms with Crippen LogP contribution in [0.15, 0.2) is 47.4 Å². The number of fused-ring (bicyclic) bond motifs is 2. The third kappa shape index (κ3) is 3.95. The molecule has 4 aromatic rings. The fourth-order valence-electron chi connectivity index (χ4n) is 3.75. The van der Waals surface area contributed by atoms with Gasteiger partial charge in [-0.2, -0.15) is 0 Å². The van der Waals surface area contributed by atoms with E-state index in [2.05, 4.69) is 9.97 Å². The van der Waals surface area contributed by atoms with Crippen LogP contribution >= 0.6 is 0 Å². The highest BCUT2D eigenvalue weighted by atomic mass is 16.6. The molecule has 0 radical (unpaired) electrons. The van der Waals surface area contributed by atoms with Gasteiger partial charge >= 0.3 is 5.97 Å². The molecule has 2 heterocycles. The molecule has 0 bridgehead atoms. The zero-order chi connectivity index (χ0) is 23.0. The van der Waals surface area contributed by atoms with Crippen molar-refractivity contribution in [1.29, 1.82) is 0 Å². The van der Waals surface area contributed by atoms with Crippen molar-refractivity contribution in [1.82, 2.24) is 14.5 Å². The predicted molar refractivity (Wildman–Crippen MR) is 120 cm³/mol. The first-order valence-electron chi connectivity index (χ1n) is 10.0. The van der Waals surface area contributed by atoms with Crippen molar-refractivity contribution in [2.45, 2.75) is 32.4 Å². The number of aryl methyl sites for hydroxylation is 2. The lowest BCUT2D eigenvalue weighted by molar-refractivity contribution is -0.384. The maximum absolute atomic E-state index is 12.8. The molecule has 0 amide bonds. The second-order valence-electron chi connectivity index (χ2n) is 7.72. The highest BCUT2D eigenvalue weighted by molar-refractivity contribution is 5.97. The highest BCUT2D eigenvalue weighted by Crippen LogP contribution is 2.31. The highest BCUT2D eigenvalue weighted by Gasteiger charge is 2.19. The molecule has 0 fully saturated rings. The topological polar surface area (TPSA) is 157 Å². The van der Waals surface area contributed by atoms with Crippen LogP contribution in [0.25, 0.3) is 33.2 Å². The fraction of sp³-hybridized carbons (Fsp3) is 0.227. The number of nitro benzene ring substituents is 1. The minimum atomic E-state index is -1.08. The molecule has 10 nitrogen and oxygen atoms in total. The summed E-state index contributed by atoms with van der Waals surface area (Å²) in [6, 6.07) is 8.98. The second-order valence-corrected chi connectivity index (χ2v) is 7.72.